The van der Waals surface area contributed by atoms with Crippen LogP contribution in [-0.2, 0) is 32.0 Å². The summed E-state index contributed by atoms with van der Waals surface area (Å²) in [6.45, 7) is 7.22. The van der Waals surface area contributed by atoms with Crippen molar-refractivity contribution in [1.82, 2.24) is 9.80 Å². The Morgan fingerprint density at radius 3 is 1.18 bits per heavy atom. The molecule has 1 saturated heterocycles. The summed E-state index contributed by atoms with van der Waals surface area (Å²) < 4.78 is 23.1. The Bertz CT molecular complexity index is 903. The van der Waals surface area contributed by atoms with Gasteiger partial charge in [0.05, 0.1) is 64.0 Å². The smallest absolute Gasteiger partial charge is 0.336 e. The van der Waals surface area contributed by atoms with Crippen LogP contribution in [0, 0.1) is 0 Å². The second-order valence-electron chi connectivity index (χ2n) is 8.93. The maximum Gasteiger partial charge on any atom is 0.336 e. The predicted octanol–water partition coefficient (Wildman–Crippen LogP) is 2.47. The van der Waals surface area contributed by atoms with Crippen molar-refractivity contribution < 1.29 is 38.7 Å². The third-order valence-electron chi connectivity index (χ3n) is 6.23. The Kier molecular flexibility index (Phi) is 13.2. The van der Waals surface area contributed by atoms with Crippen LogP contribution in [0.2, 0.25) is 0 Å². The molecule has 2 N–H and O–H groups in total. The molecule has 0 bridgehead atoms. The Balaban J connectivity index is 1.51. The molecule has 10 heteroatoms. The van der Waals surface area contributed by atoms with E-state index in [-0.39, 0.29) is 0 Å². The first-order chi connectivity index (χ1) is 18.5. The van der Waals surface area contributed by atoms with E-state index in [0.29, 0.717) is 103 Å². The number of ether oxygens (including phenoxy) is 4. The van der Waals surface area contributed by atoms with Crippen LogP contribution in [0.15, 0.2) is 48.5 Å². The summed E-state index contributed by atoms with van der Waals surface area (Å²) in [7, 11) is 0. The van der Waals surface area contributed by atoms with Crippen molar-refractivity contribution in [2.45, 2.75) is 13.1 Å². The van der Waals surface area contributed by atoms with Gasteiger partial charge in [0.1, 0.15) is 0 Å². The normalized spacial score (nSPS) is 18.3. The minimum atomic E-state index is -0.937. The molecular weight excluding hydrogens is 492 g/mol. The highest BCUT2D eigenvalue weighted by Gasteiger charge is 2.15. The van der Waals surface area contributed by atoms with E-state index in [1.54, 1.807) is 24.3 Å². The van der Waals surface area contributed by atoms with E-state index in [2.05, 4.69) is 9.80 Å². The summed E-state index contributed by atoms with van der Waals surface area (Å²) >= 11 is 0. The molecule has 0 aliphatic carbocycles. The molecule has 1 heterocycles. The van der Waals surface area contributed by atoms with E-state index < -0.39 is 11.9 Å². The molecule has 0 unspecified atom stereocenters. The van der Waals surface area contributed by atoms with Crippen LogP contribution >= 0.6 is 0 Å². The molecule has 1 aliphatic rings. The maximum absolute atomic E-state index is 11.6. The SMILES string of the molecule is O=C(O)c1ccccc1CN1CCOCCOCCN(Cc2ccccc2C(=O)O)CCOCCOCC1. The van der Waals surface area contributed by atoms with Crippen LogP contribution in [-0.4, -0.2) is 111 Å². The average Bonchev–Trinajstić information content (AvgIpc) is 2.91. The third-order valence-corrected chi connectivity index (χ3v) is 6.23. The molecule has 3 rings (SSSR count). The van der Waals surface area contributed by atoms with Crippen molar-refractivity contribution in [3.8, 4) is 0 Å². The van der Waals surface area contributed by atoms with Crippen LogP contribution in [0.3, 0.4) is 0 Å². The van der Waals surface area contributed by atoms with Crippen LogP contribution < -0.4 is 0 Å². The van der Waals surface area contributed by atoms with Crippen molar-refractivity contribution in [2.24, 2.45) is 0 Å². The number of rotatable bonds is 6. The fourth-order valence-electron chi connectivity index (χ4n) is 4.17. The zero-order valence-corrected chi connectivity index (χ0v) is 21.8. The first-order valence-corrected chi connectivity index (χ1v) is 12.9. The lowest BCUT2D eigenvalue weighted by Crippen LogP contribution is -2.33. The summed E-state index contributed by atoms with van der Waals surface area (Å²) in [5.41, 5.74) is 2.11. The lowest BCUT2D eigenvalue weighted by Gasteiger charge is -2.24. The fraction of sp³-hybridized carbons (Fsp3) is 0.500. The standard InChI is InChI=1S/C28H38N2O8/c31-27(32)25-7-3-1-5-23(25)21-29-9-13-35-17-19-37-15-11-30(12-16-38-20-18-36-14-10-29)22-24-6-2-4-8-26(24)28(33)34/h1-8H,9-22H2,(H,31,32)(H,33,34). The van der Waals surface area contributed by atoms with E-state index in [9.17, 15) is 19.8 Å². The minimum absolute atomic E-state index is 0.302. The van der Waals surface area contributed by atoms with Gasteiger partial charge in [0.25, 0.3) is 0 Å². The van der Waals surface area contributed by atoms with Crippen LogP contribution in [0.5, 0.6) is 0 Å². The highest BCUT2D eigenvalue weighted by Crippen LogP contribution is 2.13. The summed E-state index contributed by atoms with van der Waals surface area (Å²) in [5, 5.41) is 19.0. The molecule has 0 aromatic heterocycles. The van der Waals surface area contributed by atoms with E-state index in [0.717, 1.165) is 11.1 Å². The maximum atomic E-state index is 11.6. The molecule has 1 fully saturated rings. The largest absolute Gasteiger partial charge is 0.478 e. The summed E-state index contributed by atoms with van der Waals surface area (Å²) in [5.74, 6) is -1.87. The number of hydrogen-bond acceptors (Lipinski definition) is 8. The minimum Gasteiger partial charge on any atom is -0.478 e. The molecule has 10 nitrogen and oxygen atoms in total. The Labute approximate surface area is 223 Å². The van der Waals surface area contributed by atoms with Crippen molar-refractivity contribution in [1.29, 1.82) is 0 Å². The molecule has 2 aromatic carbocycles. The molecule has 208 valence electrons. The van der Waals surface area contributed by atoms with Gasteiger partial charge in [-0.3, -0.25) is 9.80 Å². The van der Waals surface area contributed by atoms with Gasteiger partial charge >= 0.3 is 11.9 Å². The summed E-state index contributed by atoms with van der Waals surface area (Å²) in [4.78, 5) is 27.4. The molecule has 0 radical (unpaired) electrons. The van der Waals surface area contributed by atoms with Crippen molar-refractivity contribution >= 4 is 11.9 Å². The van der Waals surface area contributed by atoms with Crippen LogP contribution in [0.1, 0.15) is 31.8 Å². The summed E-state index contributed by atoms with van der Waals surface area (Å²) in [6.07, 6.45) is 0. The third kappa shape index (κ3) is 10.5. The number of nitrogens with zero attached hydrogens (tertiary/aromatic N) is 2. The van der Waals surface area contributed by atoms with Crippen LogP contribution in [0.4, 0.5) is 0 Å². The van der Waals surface area contributed by atoms with Gasteiger partial charge in [-0.1, -0.05) is 36.4 Å². The van der Waals surface area contributed by atoms with E-state index in [1.165, 1.54) is 0 Å². The van der Waals surface area contributed by atoms with Crippen molar-refractivity contribution in [3.05, 3.63) is 70.8 Å². The van der Waals surface area contributed by atoms with Gasteiger partial charge in [0.2, 0.25) is 0 Å². The second kappa shape index (κ2) is 16.9. The van der Waals surface area contributed by atoms with Gasteiger partial charge in [-0.2, -0.15) is 0 Å². The zero-order chi connectivity index (χ0) is 27.0. The van der Waals surface area contributed by atoms with Gasteiger partial charge in [-0.15, -0.1) is 0 Å². The highest BCUT2D eigenvalue weighted by atomic mass is 16.5. The van der Waals surface area contributed by atoms with E-state index in [1.807, 2.05) is 24.3 Å². The summed E-state index contributed by atoms with van der Waals surface area (Å²) in [6, 6.07) is 14.1. The highest BCUT2D eigenvalue weighted by molar-refractivity contribution is 5.89. The number of aromatic carboxylic acids is 2. The topological polar surface area (TPSA) is 118 Å². The number of carboxylic acid groups (broad SMARTS) is 2. The monoisotopic (exact) mass is 530 g/mol. The molecular formula is C28H38N2O8. The Morgan fingerprint density at radius 1 is 0.553 bits per heavy atom. The molecule has 0 amide bonds. The number of hydrogen-bond donors (Lipinski definition) is 2. The second-order valence-corrected chi connectivity index (χ2v) is 8.93. The van der Waals surface area contributed by atoms with Crippen molar-refractivity contribution in [2.75, 3.05) is 79.0 Å². The quantitative estimate of drug-likeness (QED) is 0.577. The van der Waals surface area contributed by atoms with Gasteiger partial charge in [-0.25, -0.2) is 9.59 Å². The van der Waals surface area contributed by atoms with E-state index in [4.69, 9.17) is 18.9 Å². The van der Waals surface area contributed by atoms with Gasteiger partial charge < -0.3 is 29.2 Å². The van der Waals surface area contributed by atoms with Gasteiger partial charge in [-0.05, 0) is 23.3 Å². The predicted molar refractivity (Wildman–Crippen MR) is 141 cm³/mol. The Hall–Kier alpha value is -2.86. The molecule has 1 aliphatic heterocycles. The van der Waals surface area contributed by atoms with Gasteiger partial charge in [0, 0.05) is 39.3 Å². The van der Waals surface area contributed by atoms with Crippen molar-refractivity contribution in [3.63, 3.8) is 0 Å². The first-order valence-electron chi connectivity index (χ1n) is 12.9. The van der Waals surface area contributed by atoms with Crippen LogP contribution in [0.25, 0.3) is 0 Å². The molecule has 2 aromatic rings. The lowest BCUT2D eigenvalue weighted by atomic mass is 10.1. The molecule has 0 atom stereocenters. The van der Waals surface area contributed by atoms with E-state index >= 15 is 0 Å². The van der Waals surface area contributed by atoms with Gasteiger partial charge in [0.15, 0.2) is 0 Å². The number of benzene rings is 2. The molecule has 0 spiro atoms. The fourth-order valence-corrected chi connectivity index (χ4v) is 4.17. The number of carbonyl (C=O) groups is 2. The zero-order valence-electron chi connectivity index (χ0n) is 21.8. The average molecular weight is 531 g/mol. The first kappa shape index (κ1) is 29.7. The molecule has 0 saturated carbocycles. The lowest BCUT2D eigenvalue weighted by molar-refractivity contribution is 0.00615. The molecule has 38 heavy (non-hydrogen) atoms. The number of carboxylic acids is 2. The Morgan fingerprint density at radius 2 is 0.868 bits per heavy atom.